The third-order valence-corrected chi connectivity index (χ3v) is 0.598. The Morgan fingerprint density at radius 2 is 2.25 bits per heavy atom. The minimum atomic E-state index is -1.17. The van der Waals surface area contributed by atoms with E-state index in [1.807, 2.05) is 6.92 Å². The summed E-state index contributed by atoms with van der Waals surface area (Å²) in [5.41, 5.74) is 3.98. The summed E-state index contributed by atoms with van der Waals surface area (Å²) in [6, 6.07) is 0. The molecule has 50 valence electrons. The van der Waals surface area contributed by atoms with E-state index in [4.69, 9.17) is 15.6 Å². The fourth-order valence-corrected chi connectivity index (χ4v) is 0.309. The summed E-state index contributed by atoms with van der Waals surface area (Å²) in [5, 5.41) is 8.80. The molecule has 0 radical (unpaired) electrons. The molecule has 3 nitrogen and oxygen atoms in total. The summed E-state index contributed by atoms with van der Waals surface area (Å²) in [4.78, 5) is 0. The van der Waals surface area contributed by atoms with Crippen LogP contribution in [0.3, 0.4) is 0 Å². The van der Waals surface area contributed by atoms with Crippen LogP contribution in [0.4, 0.5) is 0 Å². The topological polar surface area (TPSA) is 55.5 Å². The maximum absolute atomic E-state index is 8.80. The van der Waals surface area contributed by atoms with Crippen molar-refractivity contribution in [1.82, 2.24) is 0 Å². The van der Waals surface area contributed by atoms with Gasteiger partial charge in [-0.3, -0.25) is 0 Å². The van der Waals surface area contributed by atoms with E-state index in [0.717, 1.165) is 0 Å². The lowest BCUT2D eigenvalue weighted by atomic mass is 10.3. The van der Waals surface area contributed by atoms with Crippen molar-refractivity contribution in [3.05, 3.63) is 0 Å². The molecule has 0 bridgehead atoms. The van der Waals surface area contributed by atoms with E-state index in [2.05, 4.69) is 0 Å². The van der Waals surface area contributed by atoms with Gasteiger partial charge in [-0.15, -0.1) is 0 Å². The van der Waals surface area contributed by atoms with Gasteiger partial charge in [0.25, 0.3) is 0 Å². The maximum atomic E-state index is 8.80. The Hall–Kier alpha value is -0.120. The van der Waals surface area contributed by atoms with Crippen LogP contribution >= 0.6 is 0 Å². The molecule has 0 aliphatic carbocycles. The average Bonchev–Trinajstić information content (AvgIpc) is 1.59. The molecule has 0 aromatic carbocycles. The molecule has 0 saturated heterocycles. The Bertz CT molecular complexity index is 57.9. The van der Waals surface area contributed by atoms with E-state index in [-0.39, 0.29) is 6.61 Å². The zero-order chi connectivity index (χ0) is 6.62. The first-order valence-electron chi connectivity index (χ1n) is 2.65. The minimum absolute atomic E-state index is 0.198. The number of rotatable bonds is 3. The van der Waals surface area contributed by atoms with Crippen LogP contribution in [0.5, 0.6) is 0 Å². The molecular weight excluding hydrogens is 106 g/mol. The van der Waals surface area contributed by atoms with Gasteiger partial charge in [0.2, 0.25) is 0 Å². The van der Waals surface area contributed by atoms with Gasteiger partial charge in [-0.2, -0.15) is 0 Å². The molecule has 0 aromatic rings. The standard InChI is InChI=1S/C5H13NO2/c1-3-8-4-5(2,6)7/h7H,3-4,6H2,1-2H3. The minimum Gasteiger partial charge on any atom is -0.377 e. The summed E-state index contributed by atoms with van der Waals surface area (Å²) < 4.78 is 4.82. The molecule has 3 heteroatoms. The molecule has 1 unspecified atom stereocenters. The summed E-state index contributed by atoms with van der Waals surface area (Å²) in [5.74, 6) is 0. The second-order valence-electron chi connectivity index (χ2n) is 1.99. The van der Waals surface area contributed by atoms with Gasteiger partial charge >= 0.3 is 0 Å². The van der Waals surface area contributed by atoms with Gasteiger partial charge in [0.15, 0.2) is 0 Å². The third-order valence-electron chi connectivity index (χ3n) is 0.598. The normalized spacial score (nSPS) is 18.0. The lowest BCUT2D eigenvalue weighted by Gasteiger charge is -2.15. The van der Waals surface area contributed by atoms with Gasteiger partial charge in [0.05, 0.1) is 6.61 Å². The molecule has 0 saturated carbocycles. The van der Waals surface area contributed by atoms with Crippen molar-refractivity contribution in [3.63, 3.8) is 0 Å². The van der Waals surface area contributed by atoms with Crippen molar-refractivity contribution in [2.24, 2.45) is 5.73 Å². The largest absolute Gasteiger partial charge is 0.377 e. The SMILES string of the molecule is CCOCC(C)(N)O. The third kappa shape index (κ3) is 5.88. The van der Waals surface area contributed by atoms with Crippen molar-refractivity contribution in [2.45, 2.75) is 19.6 Å². The van der Waals surface area contributed by atoms with Crippen molar-refractivity contribution in [1.29, 1.82) is 0 Å². The molecule has 0 aromatic heterocycles. The van der Waals surface area contributed by atoms with Crippen LogP contribution in [0.25, 0.3) is 0 Å². The monoisotopic (exact) mass is 119 g/mol. The van der Waals surface area contributed by atoms with Gasteiger partial charge in [0.1, 0.15) is 5.72 Å². The Morgan fingerprint density at radius 1 is 1.75 bits per heavy atom. The highest BCUT2D eigenvalue weighted by molar-refractivity contribution is 4.59. The molecule has 0 heterocycles. The van der Waals surface area contributed by atoms with Gasteiger partial charge < -0.3 is 15.6 Å². The number of nitrogens with two attached hydrogens (primary N) is 1. The molecule has 1 atom stereocenters. The lowest BCUT2D eigenvalue weighted by Crippen LogP contribution is -2.40. The van der Waals surface area contributed by atoms with Crippen LogP contribution in [0.15, 0.2) is 0 Å². The molecule has 0 spiro atoms. The summed E-state index contributed by atoms with van der Waals surface area (Å²) in [7, 11) is 0. The van der Waals surface area contributed by atoms with E-state index in [0.29, 0.717) is 6.61 Å². The Labute approximate surface area is 49.4 Å². The Morgan fingerprint density at radius 3 is 2.38 bits per heavy atom. The van der Waals surface area contributed by atoms with Gasteiger partial charge in [-0.1, -0.05) is 0 Å². The van der Waals surface area contributed by atoms with Crippen LogP contribution in [0.1, 0.15) is 13.8 Å². The Balaban J connectivity index is 3.11. The highest BCUT2D eigenvalue weighted by Crippen LogP contribution is 1.91. The van der Waals surface area contributed by atoms with Crippen LogP contribution in [0, 0.1) is 0 Å². The molecule has 0 aliphatic heterocycles. The van der Waals surface area contributed by atoms with Gasteiger partial charge in [-0.05, 0) is 13.8 Å². The quantitative estimate of drug-likeness (QED) is 0.501. The fourth-order valence-electron chi connectivity index (χ4n) is 0.309. The van der Waals surface area contributed by atoms with E-state index in [1.54, 1.807) is 0 Å². The molecule has 0 rings (SSSR count). The predicted molar refractivity (Wildman–Crippen MR) is 31.3 cm³/mol. The van der Waals surface area contributed by atoms with Gasteiger partial charge in [-0.25, -0.2) is 0 Å². The number of ether oxygens (including phenoxy) is 1. The van der Waals surface area contributed by atoms with Crippen molar-refractivity contribution < 1.29 is 9.84 Å². The average molecular weight is 119 g/mol. The summed E-state index contributed by atoms with van der Waals surface area (Å²) in [6.45, 7) is 4.14. The zero-order valence-electron chi connectivity index (χ0n) is 5.35. The molecule has 3 N–H and O–H groups in total. The van der Waals surface area contributed by atoms with E-state index >= 15 is 0 Å². The van der Waals surface area contributed by atoms with E-state index < -0.39 is 5.72 Å². The molecule has 0 amide bonds. The number of hydrogen-bond acceptors (Lipinski definition) is 3. The maximum Gasteiger partial charge on any atom is 0.134 e. The van der Waals surface area contributed by atoms with Gasteiger partial charge in [0, 0.05) is 6.61 Å². The number of aliphatic hydroxyl groups is 1. The van der Waals surface area contributed by atoms with E-state index in [1.165, 1.54) is 6.92 Å². The first-order valence-corrected chi connectivity index (χ1v) is 2.65. The highest BCUT2D eigenvalue weighted by atomic mass is 16.5. The molecule has 0 fully saturated rings. The van der Waals surface area contributed by atoms with Crippen LogP contribution in [0.2, 0.25) is 0 Å². The molecular formula is C5H13NO2. The van der Waals surface area contributed by atoms with Crippen LogP contribution in [-0.2, 0) is 4.74 Å². The second kappa shape index (κ2) is 3.02. The zero-order valence-corrected chi connectivity index (χ0v) is 5.35. The predicted octanol–water partition coefficient (Wildman–Crippen LogP) is -0.310. The van der Waals surface area contributed by atoms with Crippen molar-refractivity contribution in [3.8, 4) is 0 Å². The lowest BCUT2D eigenvalue weighted by molar-refractivity contribution is -0.0256. The number of hydrogen-bond donors (Lipinski definition) is 2. The smallest absolute Gasteiger partial charge is 0.134 e. The Kier molecular flexibility index (Phi) is 2.97. The second-order valence-corrected chi connectivity index (χ2v) is 1.99. The fraction of sp³-hybridized carbons (Fsp3) is 1.00. The highest BCUT2D eigenvalue weighted by Gasteiger charge is 2.11. The van der Waals surface area contributed by atoms with Crippen LogP contribution < -0.4 is 5.73 Å². The summed E-state index contributed by atoms with van der Waals surface area (Å²) in [6.07, 6.45) is 0. The van der Waals surface area contributed by atoms with Crippen molar-refractivity contribution >= 4 is 0 Å². The van der Waals surface area contributed by atoms with Crippen molar-refractivity contribution in [2.75, 3.05) is 13.2 Å². The molecule has 0 aliphatic rings. The first kappa shape index (κ1) is 7.88. The first-order chi connectivity index (χ1) is 3.56. The molecule has 8 heavy (non-hydrogen) atoms. The van der Waals surface area contributed by atoms with E-state index in [9.17, 15) is 0 Å². The summed E-state index contributed by atoms with van der Waals surface area (Å²) >= 11 is 0. The van der Waals surface area contributed by atoms with Crippen LogP contribution in [-0.4, -0.2) is 24.0 Å².